The highest BCUT2D eigenvalue weighted by Crippen LogP contribution is 2.51. The van der Waals surface area contributed by atoms with Crippen molar-refractivity contribution < 1.29 is 34.1 Å². The minimum Gasteiger partial charge on any atom is -0.493 e. The molecule has 0 aromatic heterocycles. The van der Waals surface area contributed by atoms with Crippen LogP contribution < -0.4 is 14.8 Å². The van der Waals surface area contributed by atoms with Gasteiger partial charge in [-0.15, -0.1) is 0 Å². The van der Waals surface area contributed by atoms with E-state index in [1.165, 1.54) is 7.11 Å². The van der Waals surface area contributed by atoms with E-state index in [1.807, 2.05) is 0 Å². The Kier molecular flexibility index (Phi) is 8.00. The van der Waals surface area contributed by atoms with E-state index in [4.69, 9.17) is 9.47 Å². The first-order valence-electron chi connectivity index (χ1n) is 12.7. The number of aldehydes is 1. The Morgan fingerprint density at radius 1 is 1.31 bits per heavy atom. The van der Waals surface area contributed by atoms with E-state index in [0.717, 1.165) is 25.7 Å². The Labute approximate surface area is 211 Å². The molecule has 0 radical (unpaired) electrons. The molecule has 2 aliphatic carbocycles. The Morgan fingerprint density at radius 3 is 2.64 bits per heavy atom. The third kappa shape index (κ3) is 4.86. The number of rotatable bonds is 10. The van der Waals surface area contributed by atoms with E-state index < -0.39 is 30.1 Å². The molecule has 0 spiro atoms. The number of aliphatic hydroxyl groups is 2. The fourth-order valence-corrected chi connectivity index (χ4v) is 5.25. The molecule has 1 aliphatic heterocycles. The Bertz CT molecular complexity index is 1030. The molecular formula is C27H36N2O7. The fourth-order valence-electron chi connectivity index (χ4n) is 5.25. The second-order valence-corrected chi connectivity index (χ2v) is 10.2. The van der Waals surface area contributed by atoms with E-state index in [2.05, 4.69) is 19.2 Å². The second kappa shape index (κ2) is 11.0. The average molecular weight is 501 g/mol. The maximum absolute atomic E-state index is 13.5. The number of hydrogen-bond donors (Lipinski definition) is 3. The number of aliphatic hydroxyl groups excluding tert-OH is 2. The second-order valence-electron chi connectivity index (χ2n) is 10.2. The molecule has 1 saturated carbocycles. The van der Waals surface area contributed by atoms with Gasteiger partial charge in [-0.25, -0.2) is 0 Å². The lowest BCUT2D eigenvalue weighted by Crippen LogP contribution is -2.57. The lowest BCUT2D eigenvalue weighted by Gasteiger charge is -2.43. The summed E-state index contributed by atoms with van der Waals surface area (Å²) in [5, 5.41) is 23.6. The van der Waals surface area contributed by atoms with Crippen LogP contribution in [0.2, 0.25) is 0 Å². The SMILES string of the molecule is COc1cc(C=O)cc2c1OC1C2C(C(=O)NCCO)=CC(N(CCC(C)C)C(=O)C2CCC2)C1O. The van der Waals surface area contributed by atoms with Gasteiger partial charge in [-0.1, -0.05) is 20.3 Å². The predicted molar refractivity (Wildman–Crippen MR) is 132 cm³/mol. The lowest BCUT2D eigenvalue weighted by molar-refractivity contribution is -0.144. The molecule has 9 heteroatoms. The highest BCUT2D eigenvalue weighted by Gasteiger charge is 2.52. The van der Waals surface area contributed by atoms with Crippen LogP contribution >= 0.6 is 0 Å². The summed E-state index contributed by atoms with van der Waals surface area (Å²) in [4.78, 5) is 40.1. The van der Waals surface area contributed by atoms with Crippen LogP contribution in [0.25, 0.3) is 0 Å². The minimum absolute atomic E-state index is 0.00732. The molecule has 3 aliphatic rings. The third-order valence-electron chi connectivity index (χ3n) is 7.46. The Hall–Kier alpha value is -2.91. The van der Waals surface area contributed by atoms with Gasteiger partial charge in [-0.05, 0) is 43.4 Å². The molecule has 0 bridgehead atoms. The standard InChI is InChI=1S/C27H36N2O7/c1-15(2)7-9-29(27(34)17-5-4-6-17)20-13-19(26(33)28-8-10-30)22-18-11-16(14-31)12-21(35-3)24(18)36-25(22)23(20)32/h11-15,17,20,22-23,25,30,32H,4-10H2,1-3H3,(H,28,33). The predicted octanol–water partition coefficient (Wildman–Crippen LogP) is 1.81. The van der Waals surface area contributed by atoms with Gasteiger partial charge in [0.05, 0.1) is 25.7 Å². The molecule has 0 saturated heterocycles. The minimum atomic E-state index is -1.10. The largest absolute Gasteiger partial charge is 0.493 e. The normalized spacial score (nSPS) is 24.7. The molecule has 1 aromatic rings. The van der Waals surface area contributed by atoms with Crippen molar-refractivity contribution in [3.8, 4) is 11.5 Å². The first-order chi connectivity index (χ1) is 17.3. The summed E-state index contributed by atoms with van der Waals surface area (Å²) < 4.78 is 11.7. The molecule has 4 rings (SSSR count). The van der Waals surface area contributed by atoms with Crippen molar-refractivity contribution in [2.24, 2.45) is 11.8 Å². The van der Waals surface area contributed by atoms with Crippen LogP contribution in [-0.2, 0) is 9.59 Å². The summed E-state index contributed by atoms with van der Waals surface area (Å²) in [5.74, 6) is -0.0919. The monoisotopic (exact) mass is 500 g/mol. The summed E-state index contributed by atoms with van der Waals surface area (Å²) in [7, 11) is 1.46. The van der Waals surface area contributed by atoms with Crippen molar-refractivity contribution >= 4 is 18.1 Å². The van der Waals surface area contributed by atoms with Crippen LogP contribution in [0.4, 0.5) is 0 Å². The van der Waals surface area contributed by atoms with Crippen molar-refractivity contribution in [3.63, 3.8) is 0 Å². The first-order valence-corrected chi connectivity index (χ1v) is 12.7. The number of nitrogens with zero attached hydrogens (tertiary/aromatic N) is 1. The zero-order chi connectivity index (χ0) is 26.0. The van der Waals surface area contributed by atoms with Gasteiger partial charge in [-0.2, -0.15) is 0 Å². The Morgan fingerprint density at radius 2 is 2.06 bits per heavy atom. The van der Waals surface area contributed by atoms with Gasteiger partial charge in [0.2, 0.25) is 11.8 Å². The zero-order valence-corrected chi connectivity index (χ0v) is 21.1. The maximum atomic E-state index is 13.5. The van der Waals surface area contributed by atoms with Crippen molar-refractivity contribution in [2.75, 3.05) is 26.8 Å². The molecule has 4 atom stereocenters. The zero-order valence-electron chi connectivity index (χ0n) is 21.1. The summed E-state index contributed by atoms with van der Waals surface area (Å²) in [6.07, 6.45) is 3.84. The molecule has 9 nitrogen and oxygen atoms in total. The van der Waals surface area contributed by atoms with Gasteiger partial charge in [0.25, 0.3) is 0 Å². The van der Waals surface area contributed by atoms with Crippen molar-refractivity contribution in [1.82, 2.24) is 10.2 Å². The van der Waals surface area contributed by atoms with E-state index in [-0.39, 0.29) is 25.0 Å². The summed E-state index contributed by atoms with van der Waals surface area (Å²) in [6, 6.07) is 2.45. The fraction of sp³-hybridized carbons (Fsp3) is 0.593. The van der Waals surface area contributed by atoms with E-state index in [0.29, 0.717) is 46.9 Å². The molecule has 3 N–H and O–H groups in total. The first kappa shape index (κ1) is 26.2. The van der Waals surface area contributed by atoms with Crippen LogP contribution in [0.15, 0.2) is 23.8 Å². The lowest BCUT2D eigenvalue weighted by atomic mass is 9.76. The molecule has 4 unspecified atom stereocenters. The summed E-state index contributed by atoms with van der Waals surface area (Å²) >= 11 is 0. The number of carbonyl (C=O) groups is 3. The number of methoxy groups -OCH3 is 1. The third-order valence-corrected chi connectivity index (χ3v) is 7.46. The van der Waals surface area contributed by atoms with Gasteiger partial charge in [0.15, 0.2) is 11.5 Å². The maximum Gasteiger partial charge on any atom is 0.247 e. The topological polar surface area (TPSA) is 125 Å². The number of amides is 2. The number of nitrogens with one attached hydrogen (secondary N) is 1. The van der Waals surface area contributed by atoms with Gasteiger partial charge in [0, 0.05) is 35.7 Å². The van der Waals surface area contributed by atoms with Gasteiger partial charge in [0.1, 0.15) is 18.5 Å². The van der Waals surface area contributed by atoms with Crippen molar-refractivity contribution in [2.45, 2.75) is 63.7 Å². The summed E-state index contributed by atoms with van der Waals surface area (Å²) in [6.45, 7) is 4.45. The Balaban J connectivity index is 1.78. The van der Waals surface area contributed by atoms with Gasteiger partial charge >= 0.3 is 0 Å². The quantitative estimate of drug-likeness (QED) is 0.419. The highest BCUT2D eigenvalue weighted by molar-refractivity contribution is 5.96. The molecule has 1 fully saturated rings. The number of benzene rings is 1. The molecule has 2 amide bonds. The van der Waals surface area contributed by atoms with E-state index in [1.54, 1.807) is 23.1 Å². The van der Waals surface area contributed by atoms with E-state index in [9.17, 15) is 24.6 Å². The molecule has 36 heavy (non-hydrogen) atoms. The van der Waals surface area contributed by atoms with Gasteiger partial charge in [-0.3, -0.25) is 14.4 Å². The van der Waals surface area contributed by atoms with Crippen molar-refractivity contribution in [1.29, 1.82) is 0 Å². The molecule has 196 valence electrons. The van der Waals surface area contributed by atoms with Crippen LogP contribution in [0.1, 0.15) is 61.4 Å². The molecular weight excluding hydrogens is 464 g/mol. The number of fused-ring (bicyclic) bond motifs is 3. The van der Waals surface area contributed by atoms with Crippen LogP contribution in [0.5, 0.6) is 11.5 Å². The highest BCUT2D eigenvalue weighted by atomic mass is 16.5. The smallest absolute Gasteiger partial charge is 0.247 e. The number of carbonyl (C=O) groups excluding carboxylic acids is 3. The van der Waals surface area contributed by atoms with Crippen LogP contribution in [-0.4, -0.2) is 78.3 Å². The van der Waals surface area contributed by atoms with Gasteiger partial charge < -0.3 is 29.9 Å². The number of hydrogen-bond acceptors (Lipinski definition) is 7. The van der Waals surface area contributed by atoms with Crippen LogP contribution in [0.3, 0.4) is 0 Å². The molecule has 1 aromatic carbocycles. The van der Waals surface area contributed by atoms with Crippen molar-refractivity contribution in [3.05, 3.63) is 34.9 Å². The van der Waals surface area contributed by atoms with E-state index >= 15 is 0 Å². The summed E-state index contributed by atoms with van der Waals surface area (Å²) in [5.41, 5.74) is 1.27. The van der Waals surface area contributed by atoms with Crippen LogP contribution in [0, 0.1) is 11.8 Å². The molecule has 1 heterocycles. The average Bonchev–Trinajstić information content (AvgIpc) is 3.22. The number of ether oxygens (including phenoxy) is 2.